The Hall–Kier alpha value is -1.10. The average Bonchev–Trinajstić information content (AvgIpc) is 2.55. The second-order valence-electron chi connectivity index (χ2n) is 6.86. The standard InChI is InChI=1S/C19H32N2O2/c1-4-17-7-5-6-8-19(17)21-11-9-20(10-12-21)13-18(22)15-23-14-16(2)3/h5-8,16,18,22H,4,9-15H2,1-3H3. The lowest BCUT2D eigenvalue weighted by atomic mass is 10.1. The van der Waals surface area contributed by atoms with E-state index in [1.807, 2.05) is 0 Å². The molecule has 1 heterocycles. The Morgan fingerprint density at radius 3 is 2.43 bits per heavy atom. The van der Waals surface area contributed by atoms with Crippen LogP contribution in [0.1, 0.15) is 26.3 Å². The van der Waals surface area contributed by atoms with E-state index in [0.717, 1.165) is 39.2 Å². The number of hydrogen-bond acceptors (Lipinski definition) is 4. The molecule has 1 aliphatic heterocycles. The smallest absolute Gasteiger partial charge is 0.0900 e. The lowest BCUT2D eigenvalue weighted by Crippen LogP contribution is -2.49. The fourth-order valence-electron chi connectivity index (χ4n) is 3.08. The van der Waals surface area contributed by atoms with E-state index in [0.29, 0.717) is 19.1 Å². The number of ether oxygens (including phenoxy) is 1. The van der Waals surface area contributed by atoms with Crippen molar-refractivity contribution in [1.29, 1.82) is 0 Å². The van der Waals surface area contributed by atoms with E-state index in [1.54, 1.807) is 0 Å². The summed E-state index contributed by atoms with van der Waals surface area (Å²) in [5, 5.41) is 10.1. The average molecular weight is 320 g/mol. The Kier molecular flexibility index (Phi) is 7.34. The first kappa shape index (κ1) is 18.2. The predicted octanol–water partition coefficient (Wildman–Crippen LogP) is 2.40. The van der Waals surface area contributed by atoms with Crippen molar-refractivity contribution >= 4 is 5.69 Å². The first-order valence-electron chi connectivity index (χ1n) is 8.91. The van der Waals surface area contributed by atoms with Crippen LogP contribution in [0, 0.1) is 5.92 Å². The Bertz CT molecular complexity index is 456. The highest BCUT2D eigenvalue weighted by atomic mass is 16.5. The van der Waals surface area contributed by atoms with Gasteiger partial charge in [0.25, 0.3) is 0 Å². The molecule has 23 heavy (non-hydrogen) atoms. The fraction of sp³-hybridized carbons (Fsp3) is 0.684. The van der Waals surface area contributed by atoms with Gasteiger partial charge in [-0.05, 0) is 24.0 Å². The predicted molar refractivity (Wildman–Crippen MR) is 96.1 cm³/mol. The maximum atomic E-state index is 10.1. The number of aryl methyl sites for hydroxylation is 1. The molecule has 0 aromatic heterocycles. The van der Waals surface area contributed by atoms with Gasteiger partial charge in [0.15, 0.2) is 0 Å². The molecule has 1 fully saturated rings. The normalized spacial score (nSPS) is 17.7. The lowest BCUT2D eigenvalue weighted by molar-refractivity contribution is 0.00747. The molecule has 1 aliphatic rings. The number of para-hydroxylation sites is 1. The summed E-state index contributed by atoms with van der Waals surface area (Å²) >= 11 is 0. The van der Waals surface area contributed by atoms with E-state index in [9.17, 15) is 5.11 Å². The van der Waals surface area contributed by atoms with E-state index in [1.165, 1.54) is 11.3 Å². The molecule has 1 unspecified atom stereocenters. The number of rotatable bonds is 8. The summed E-state index contributed by atoms with van der Waals surface area (Å²) < 4.78 is 5.53. The number of hydrogen-bond donors (Lipinski definition) is 1. The third-order valence-electron chi connectivity index (χ3n) is 4.32. The monoisotopic (exact) mass is 320 g/mol. The van der Waals surface area contributed by atoms with Gasteiger partial charge < -0.3 is 14.7 Å². The van der Waals surface area contributed by atoms with Crippen molar-refractivity contribution in [2.24, 2.45) is 5.92 Å². The van der Waals surface area contributed by atoms with Crippen LogP contribution in [0.2, 0.25) is 0 Å². The summed E-state index contributed by atoms with van der Waals surface area (Å²) in [6, 6.07) is 8.68. The molecule has 0 aliphatic carbocycles. The van der Waals surface area contributed by atoms with Crippen LogP contribution in [-0.2, 0) is 11.2 Å². The number of aliphatic hydroxyl groups excluding tert-OH is 1. The van der Waals surface area contributed by atoms with Crippen LogP contribution in [0.3, 0.4) is 0 Å². The number of aliphatic hydroxyl groups is 1. The van der Waals surface area contributed by atoms with Crippen LogP contribution in [0.5, 0.6) is 0 Å². The molecule has 0 amide bonds. The van der Waals surface area contributed by atoms with E-state index in [2.05, 4.69) is 54.8 Å². The molecule has 0 radical (unpaired) electrons. The molecule has 130 valence electrons. The topological polar surface area (TPSA) is 35.9 Å². The molecule has 4 heteroatoms. The highest BCUT2D eigenvalue weighted by Crippen LogP contribution is 2.22. The second kappa shape index (κ2) is 9.26. The van der Waals surface area contributed by atoms with Crippen molar-refractivity contribution in [3.05, 3.63) is 29.8 Å². The van der Waals surface area contributed by atoms with Gasteiger partial charge in [0, 0.05) is 45.0 Å². The number of benzene rings is 1. The quantitative estimate of drug-likeness (QED) is 0.798. The molecular formula is C19H32N2O2. The zero-order valence-corrected chi connectivity index (χ0v) is 14.9. The molecule has 2 rings (SSSR count). The number of piperazine rings is 1. The van der Waals surface area contributed by atoms with Crippen molar-refractivity contribution in [2.45, 2.75) is 33.3 Å². The van der Waals surface area contributed by atoms with Crippen molar-refractivity contribution in [2.75, 3.05) is 50.8 Å². The lowest BCUT2D eigenvalue weighted by Gasteiger charge is -2.37. The van der Waals surface area contributed by atoms with Gasteiger partial charge in [-0.25, -0.2) is 0 Å². The largest absolute Gasteiger partial charge is 0.389 e. The summed E-state index contributed by atoms with van der Waals surface area (Å²) in [6.07, 6.45) is 0.686. The Balaban J connectivity index is 1.75. The number of anilines is 1. The molecule has 0 saturated carbocycles. The summed E-state index contributed by atoms with van der Waals surface area (Å²) in [4.78, 5) is 4.81. The maximum absolute atomic E-state index is 10.1. The van der Waals surface area contributed by atoms with Crippen LogP contribution in [-0.4, -0.2) is 62.0 Å². The fourth-order valence-corrected chi connectivity index (χ4v) is 3.08. The second-order valence-corrected chi connectivity index (χ2v) is 6.86. The number of β-amino-alcohol motifs (C(OH)–C–C–N with tert-alkyl or cyclic N) is 1. The van der Waals surface area contributed by atoms with Gasteiger partial charge in [-0.15, -0.1) is 0 Å². The van der Waals surface area contributed by atoms with Gasteiger partial charge in [0.1, 0.15) is 0 Å². The Morgan fingerprint density at radius 2 is 1.78 bits per heavy atom. The molecule has 4 nitrogen and oxygen atoms in total. The Morgan fingerprint density at radius 1 is 1.09 bits per heavy atom. The Labute approximate surface area is 141 Å². The van der Waals surface area contributed by atoms with Crippen LogP contribution >= 0.6 is 0 Å². The highest BCUT2D eigenvalue weighted by Gasteiger charge is 2.20. The molecule has 1 atom stereocenters. The van der Waals surface area contributed by atoms with Gasteiger partial charge in [-0.3, -0.25) is 4.90 Å². The molecule has 1 aromatic carbocycles. The van der Waals surface area contributed by atoms with Crippen LogP contribution < -0.4 is 4.90 Å². The minimum Gasteiger partial charge on any atom is -0.389 e. The zero-order chi connectivity index (χ0) is 16.7. The first-order chi connectivity index (χ1) is 11.1. The van der Waals surface area contributed by atoms with Crippen molar-refractivity contribution in [1.82, 2.24) is 4.90 Å². The van der Waals surface area contributed by atoms with Gasteiger partial charge in [-0.1, -0.05) is 39.0 Å². The van der Waals surface area contributed by atoms with Crippen LogP contribution in [0.15, 0.2) is 24.3 Å². The molecule has 1 aromatic rings. The number of nitrogens with zero attached hydrogens (tertiary/aromatic N) is 2. The van der Waals surface area contributed by atoms with E-state index < -0.39 is 0 Å². The third kappa shape index (κ3) is 5.79. The van der Waals surface area contributed by atoms with Gasteiger partial charge >= 0.3 is 0 Å². The first-order valence-corrected chi connectivity index (χ1v) is 8.91. The van der Waals surface area contributed by atoms with Crippen molar-refractivity contribution < 1.29 is 9.84 Å². The minimum absolute atomic E-state index is 0.386. The molecular weight excluding hydrogens is 288 g/mol. The summed E-state index contributed by atoms with van der Waals surface area (Å²) in [7, 11) is 0. The molecule has 0 spiro atoms. The van der Waals surface area contributed by atoms with Gasteiger partial charge in [0.05, 0.1) is 12.7 Å². The van der Waals surface area contributed by atoms with Crippen LogP contribution in [0.25, 0.3) is 0 Å². The van der Waals surface area contributed by atoms with Gasteiger partial charge in [-0.2, -0.15) is 0 Å². The molecule has 1 N–H and O–H groups in total. The highest BCUT2D eigenvalue weighted by molar-refractivity contribution is 5.54. The molecule has 1 saturated heterocycles. The van der Waals surface area contributed by atoms with E-state index in [-0.39, 0.29) is 6.10 Å². The summed E-state index contributed by atoms with van der Waals surface area (Å²) in [6.45, 7) is 12.4. The van der Waals surface area contributed by atoms with E-state index >= 15 is 0 Å². The van der Waals surface area contributed by atoms with Gasteiger partial charge in [0.2, 0.25) is 0 Å². The summed E-state index contributed by atoms with van der Waals surface area (Å²) in [5.74, 6) is 0.518. The van der Waals surface area contributed by atoms with Crippen LogP contribution in [0.4, 0.5) is 5.69 Å². The minimum atomic E-state index is -0.386. The van der Waals surface area contributed by atoms with Crippen molar-refractivity contribution in [3.8, 4) is 0 Å². The third-order valence-corrected chi connectivity index (χ3v) is 4.32. The SMILES string of the molecule is CCc1ccccc1N1CCN(CC(O)COCC(C)C)CC1. The maximum Gasteiger partial charge on any atom is 0.0900 e. The van der Waals surface area contributed by atoms with E-state index in [4.69, 9.17) is 4.74 Å². The zero-order valence-electron chi connectivity index (χ0n) is 14.9. The van der Waals surface area contributed by atoms with Crippen molar-refractivity contribution in [3.63, 3.8) is 0 Å². The molecule has 0 bridgehead atoms. The summed E-state index contributed by atoms with van der Waals surface area (Å²) in [5.41, 5.74) is 2.79.